The highest BCUT2D eigenvalue weighted by atomic mass is 16.3. The second-order valence-corrected chi connectivity index (χ2v) is 5.09. The summed E-state index contributed by atoms with van der Waals surface area (Å²) in [5, 5.41) is 13.2. The average molecular weight is 248 g/mol. The molecule has 0 aliphatic carbocycles. The van der Waals surface area contributed by atoms with Crippen LogP contribution in [-0.2, 0) is 6.42 Å². The summed E-state index contributed by atoms with van der Waals surface area (Å²) in [5.74, 6) is 0.378. The summed E-state index contributed by atoms with van der Waals surface area (Å²) in [5.41, 5.74) is 2.17. The van der Waals surface area contributed by atoms with Crippen LogP contribution in [0.5, 0.6) is 5.75 Å². The summed E-state index contributed by atoms with van der Waals surface area (Å²) >= 11 is 0. The molecule has 18 heavy (non-hydrogen) atoms. The molecule has 0 saturated carbocycles. The van der Waals surface area contributed by atoms with Crippen molar-refractivity contribution in [3.8, 4) is 5.75 Å². The summed E-state index contributed by atoms with van der Waals surface area (Å²) in [6.07, 6.45) is 3.43. The van der Waals surface area contributed by atoms with Gasteiger partial charge in [0.1, 0.15) is 5.75 Å². The first-order chi connectivity index (χ1) is 8.76. The van der Waals surface area contributed by atoms with Crippen molar-refractivity contribution in [2.45, 2.75) is 39.2 Å². The maximum Gasteiger partial charge on any atom is 0.138 e. The maximum atomic E-state index is 9.81. The minimum Gasteiger partial charge on any atom is -0.506 e. The second kappa shape index (κ2) is 6.10. The Morgan fingerprint density at radius 1 is 1.28 bits per heavy atom. The summed E-state index contributed by atoms with van der Waals surface area (Å²) in [6.45, 7) is 7.73. The number of anilines is 1. The zero-order valence-corrected chi connectivity index (χ0v) is 11.4. The van der Waals surface area contributed by atoms with Crippen LogP contribution in [0.3, 0.4) is 0 Å². The second-order valence-electron chi connectivity index (χ2n) is 5.09. The Balaban J connectivity index is 2.10. The molecule has 1 atom stereocenters. The van der Waals surface area contributed by atoms with Gasteiger partial charge in [0.25, 0.3) is 0 Å². The van der Waals surface area contributed by atoms with Gasteiger partial charge in [-0.3, -0.25) is 4.90 Å². The van der Waals surface area contributed by atoms with Gasteiger partial charge in [0.2, 0.25) is 0 Å². The standard InChI is InChI=1S/C15H24N2O/c1-3-8-17(9-4-2)13-10-12-6-5-7-14(18)15(12)16-11-13/h5-7,13,16,18H,3-4,8-11H2,1-2H3. The third-order valence-corrected chi connectivity index (χ3v) is 3.64. The highest BCUT2D eigenvalue weighted by Crippen LogP contribution is 2.32. The van der Waals surface area contributed by atoms with Crippen molar-refractivity contribution in [1.82, 2.24) is 4.90 Å². The molecule has 0 fully saturated rings. The number of phenols is 1. The number of benzene rings is 1. The van der Waals surface area contributed by atoms with Gasteiger partial charge in [0, 0.05) is 12.6 Å². The number of phenolic OH excluding ortho intramolecular Hbond substituents is 1. The number of nitrogens with zero attached hydrogens (tertiary/aromatic N) is 1. The van der Waals surface area contributed by atoms with Gasteiger partial charge >= 0.3 is 0 Å². The fraction of sp³-hybridized carbons (Fsp3) is 0.600. The molecule has 0 spiro atoms. The Hall–Kier alpha value is -1.22. The Morgan fingerprint density at radius 3 is 2.67 bits per heavy atom. The molecular formula is C15H24N2O. The first-order valence-electron chi connectivity index (χ1n) is 7.05. The lowest BCUT2D eigenvalue weighted by Crippen LogP contribution is -2.44. The predicted octanol–water partition coefficient (Wildman–Crippen LogP) is 2.85. The molecule has 1 heterocycles. The van der Waals surface area contributed by atoms with E-state index in [9.17, 15) is 5.11 Å². The van der Waals surface area contributed by atoms with Crippen molar-refractivity contribution < 1.29 is 5.11 Å². The van der Waals surface area contributed by atoms with Crippen molar-refractivity contribution in [1.29, 1.82) is 0 Å². The van der Waals surface area contributed by atoms with E-state index in [1.807, 2.05) is 6.07 Å². The number of hydrogen-bond acceptors (Lipinski definition) is 3. The van der Waals surface area contributed by atoms with Gasteiger partial charge in [-0.05, 0) is 44.0 Å². The monoisotopic (exact) mass is 248 g/mol. The van der Waals surface area contributed by atoms with Gasteiger partial charge in [-0.2, -0.15) is 0 Å². The molecular weight excluding hydrogens is 224 g/mol. The van der Waals surface area contributed by atoms with Gasteiger partial charge in [-0.25, -0.2) is 0 Å². The van der Waals surface area contributed by atoms with Gasteiger partial charge in [0.05, 0.1) is 5.69 Å². The van der Waals surface area contributed by atoms with E-state index in [1.165, 1.54) is 18.4 Å². The van der Waals surface area contributed by atoms with E-state index in [1.54, 1.807) is 6.07 Å². The van der Waals surface area contributed by atoms with Crippen molar-refractivity contribution >= 4 is 5.69 Å². The molecule has 1 aromatic carbocycles. The lowest BCUT2D eigenvalue weighted by atomic mass is 9.97. The van der Waals surface area contributed by atoms with Crippen LogP contribution >= 0.6 is 0 Å². The van der Waals surface area contributed by atoms with Crippen LogP contribution < -0.4 is 5.32 Å². The number of hydrogen-bond donors (Lipinski definition) is 2. The number of aromatic hydroxyl groups is 1. The SMILES string of the molecule is CCCN(CCC)C1CNc2c(O)cccc2C1. The van der Waals surface area contributed by atoms with E-state index in [4.69, 9.17) is 0 Å². The number of para-hydroxylation sites is 1. The highest BCUT2D eigenvalue weighted by Gasteiger charge is 2.24. The Kier molecular flexibility index (Phi) is 4.48. The molecule has 1 aliphatic rings. The van der Waals surface area contributed by atoms with E-state index in [0.717, 1.165) is 31.7 Å². The zero-order chi connectivity index (χ0) is 13.0. The van der Waals surface area contributed by atoms with Crippen molar-refractivity contribution in [3.63, 3.8) is 0 Å². The molecule has 0 amide bonds. The average Bonchev–Trinajstić information content (AvgIpc) is 2.38. The van der Waals surface area contributed by atoms with Crippen LogP contribution in [0.2, 0.25) is 0 Å². The Morgan fingerprint density at radius 2 is 2.00 bits per heavy atom. The largest absolute Gasteiger partial charge is 0.506 e. The summed E-state index contributed by atoms with van der Waals surface area (Å²) in [6, 6.07) is 6.35. The van der Waals surface area contributed by atoms with Gasteiger partial charge in [-0.1, -0.05) is 26.0 Å². The predicted molar refractivity (Wildman–Crippen MR) is 76.2 cm³/mol. The number of nitrogens with one attached hydrogen (secondary N) is 1. The quantitative estimate of drug-likeness (QED) is 0.787. The lowest BCUT2D eigenvalue weighted by molar-refractivity contribution is 0.200. The van der Waals surface area contributed by atoms with Crippen molar-refractivity contribution in [3.05, 3.63) is 23.8 Å². The van der Waals surface area contributed by atoms with Gasteiger partial charge in [-0.15, -0.1) is 0 Å². The van der Waals surface area contributed by atoms with Gasteiger partial charge in [0.15, 0.2) is 0 Å². The Bertz CT molecular complexity index is 386. The lowest BCUT2D eigenvalue weighted by Gasteiger charge is -2.35. The topological polar surface area (TPSA) is 35.5 Å². The summed E-state index contributed by atoms with van der Waals surface area (Å²) in [4.78, 5) is 2.57. The fourth-order valence-corrected chi connectivity index (χ4v) is 2.82. The zero-order valence-electron chi connectivity index (χ0n) is 11.4. The number of rotatable bonds is 5. The molecule has 3 heteroatoms. The first-order valence-corrected chi connectivity index (χ1v) is 7.05. The molecule has 0 radical (unpaired) electrons. The molecule has 100 valence electrons. The minimum absolute atomic E-state index is 0.378. The van der Waals surface area contributed by atoms with Crippen LogP contribution in [-0.4, -0.2) is 35.7 Å². The molecule has 3 nitrogen and oxygen atoms in total. The molecule has 1 aromatic rings. The summed E-state index contributed by atoms with van der Waals surface area (Å²) in [7, 11) is 0. The Labute approximate surface area is 110 Å². The van der Waals surface area contributed by atoms with Crippen LogP contribution in [0.15, 0.2) is 18.2 Å². The molecule has 1 aliphatic heterocycles. The summed E-state index contributed by atoms with van der Waals surface area (Å²) < 4.78 is 0. The van der Waals surface area contributed by atoms with E-state index >= 15 is 0 Å². The third-order valence-electron chi connectivity index (χ3n) is 3.64. The molecule has 2 rings (SSSR count). The van der Waals surface area contributed by atoms with Gasteiger partial charge < -0.3 is 10.4 Å². The maximum absolute atomic E-state index is 9.81. The van der Waals surface area contributed by atoms with Crippen LogP contribution in [0.25, 0.3) is 0 Å². The highest BCUT2D eigenvalue weighted by molar-refractivity contribution is 5.63. The van der Waals surface area contributed by atoms with Crippen LogP contribution in [0.4, 0.5) is 5.69 Å². The first kappa shape index (κ1) is 13.2. The fourth-order valence-electron chi connectivity index (χ4n) is 2.82. The number of fused-ring (bicyclic) bond motifs is 1. The smallest absolute Gasteiger partial charge is 0.138 e. The van der Waals surface area contributed by atoms with Crippen LogP contribution in [0, 0.1) is 0 Å². The van der Waals surface area contributed by atoms with E-state index in [-0.39, 0.29) is 0 Å². The molecule has 0 bridgehead atoms. The third kappa shape index (κ3) is 2.78. The van der Waals surface area contributed by atoms with E-state index < -0.39 is 0 Å². The molecule has 0 aromatic heterocycles. The van der Waals surface area contributed by atoms with E-state index in [2.05, 4.69) is 30.1 Å². The molecule has 2 N–H and O–H groups in total. The van der Waals surface area contributed by atoms with Crippen LogP contribution in [0.1, 0.15) is 32.3 Å². The molecule has 1 unspecified atom stereocenters. The van der Waals surface area contributed by atoms with Crippen molar-refractivity contribution in [2.75, 3.05) is 25.0 Å². The molecule has 0 saturated heterocycles. The normalized spacial score (nSPS) is 18.5. The van der Waals surface area contributed by atoms with E-state index in [0.29, 0.717) is 11.8 Å². The minimum atomic E-state index is 0.378. The van der Waals surface area contributed by atoms with Crippen molar-refractivity contribution in [2.24, 2.45) is 0 Å².